The van der Waals surface area contributed by atoms with Gasteiger partial charge in [-0.1, -0.05) is 109 Å². The number of hydrogen-bond donors (Lipinski definition) is 0. The first kappa shape index (κ1) is 30.3. The molecule has 0 bridgehead atoms. The molecule has 12 aromatic rings. The van der Waals surface area contributed by atoms with E-state index in [2.05, 4.69) is 132 Å². The first-order valence-electron chi connectivity index (χ1n) is 18.4. The molecule has 0 amide bonds. The third-order valence-corrected chi connectivity index (χ3v) is 12.0. The van der Waals surface area contributed by atoms with Crippen molar-refractivity contribution in [1.82, 2.24) is 19.5 Å². The maximum absolute atomic E-state index is 6.85. The first-order chi connectivity index (χ1) is 27.2. The van der Waals surface area contributed by atoms with Gasteiger partial charge in [-0.2, -0.15) is 0 Å². The van der Waals surface area contributed by atoms with E-state index in [1.807, 2.05) is 42.5 Å². The summed E-state index contributed by atoms with van der Waals surface area (Å²) in [5, 5.41) is 9.32. The molecule has 0 unspecified atom stereocenters. The van der Waals surface area contributed by atoms with Gasteiger partial charge in [-0.25, -0.2) is 15.0 Å². The Labute approximate surface area is 318 Å². The van der Waals surface area contributed by atoms with Crippen LogP contribution in [0.3, 0.4) is 0 Å². The average molecular weight is 721 g/mol. The van der Waals surface area contributed by atoms with Crippen LogP contribution in [0.15, 0.2) is 174 Å². The molecule has 55 heavy (non-hydrogen) atoms. The lowest BCUT2D eigenvalue weighted by atomic mass is 10.0. The largest absolute Gasteiger partial charge is 0.455 e. The minimum atomic E-state index is 0.558. The summed E-state index contributed by atoms with van der Waals surface area (Å²) in [7, 11) is 0. The van der Waals surface area contributed by atoms with Gasteiger partial charge in [0, 0.05) is 47.5 Å². The number of aromatic nitrogens is 4. The highest BCUT2D eigenvalue weighted by molar-refractivity contribution is 7.25. The van der Waals surface area contributed by atoms with Crippen LogP contribution in [-0.2, 0) is 0 Å². The summed E-state index contributed by atoms with van der Waals surface area (Å²) < 4.78 is 11.7. The zero-order chi connectivity index (χ0) is 36.0. The Morgan fingerprint density at radius 3 is 1.98 bits per heavy atom. The fourth-order valence-corrected chi connectivity index (χ4v) is 9.38. The van der Waals surface area contributed by atoms with Crippen LogP contribution in [0.4, 0.5) is 0 Å². The molecule has 0 saturated carbocycles. The van der Waals surface area contributed by atoms with Crippen molar-refractivity contribution in [2.75, 3.05) is 0 Å². The maximum atomic E-state index is 6.85. The zero-order valence-electron chi connectivity index (χ0n) is 29.3. The molecule has 12 rings (SSSR count). The third kappa shape index (κ3) is 4.62. The van der Waals surface area contributed by atoms with Crippen molar-refractivity contribution in [3.05, 3.63) is 170 Å². The molecule has 8 aromatic carbocycles. The summed E-state index contributed by atoms with van der Waals surface area (Å²) in [5.41, 5.74) is 7.53. The topological polar surface area (TPSA) is 56.7 Å². The van der Waals surface area contributed by atoms with Crippen LogP contribution in [0.25, 0.3) is 115 Å². The molecule has 6 heteroatoms. The quantitative estimate of drug-likeness (QED) is 0.182. The maximum Gasteiger partial charge on any atom is 0.167 e. The van der Waals surface area contributed by atoms with E-state index in [9.17, 15) is 0 Å². The van der Waals surface area contributed by atoms with E-state index >= 15 is 0 Å². The van der Waals surface area contributed by atoms with Crippen LogP contribution in [0.1, 0.15) is 0 Å². The predicted octanol–water partition coefficient (Wildman–Crippen LogP) is 13.4. The van der Waals surface area contributed by atoms with E-state index in [0.717, 1.165) is 55.3 Å². The summed E-state index contributed by atoms with van der Waals surface area (Å²) in [6.45, 7) is 0. The van der Waals surface area contributed by atoms with Gasteiger partial charge in [-0.05, 0) is 71.4 Å². The molecule has 4 aromatic heterocycles. The standard InChI is InChI=1S/C49H28N4OS/c1-2-12-29(13-3-1)47-50-48(32-22-25-44-38(27-32)34-17-8-11-21-43(34)55-44)52-49(51-47)36-23-24-40(45-35-18-7-10-20-42(35)54-46(36)45)53-39-19-9-6-16-33(39)37-26-30-14-4-5-15-31(30)28-41(37)53/h1-28H. The fourth-order valence-electron chi connectivity index (χ4n) is 8.29. The van der Waals surface area contributed by atoms with Crippen molar-refractivity contribution >= 4 is 86.0 Å². The molecular formula is C49H28N4OS. The van der Waals surface area contributed by atoms with Crippen LogP contribution in [0, 0.1) is 0 Å². The summed E-state index contributed by atoms with van der Waals surface area (Å²) in [4.78, 5) is 15.5. The third-order valence-electron chi connectivity index (χ3n) is 10.8. The molecule has 256 valence electrons. The number of para-hydroxylation sites is 2. The van der Waals surface area contributed by atoms with Gasteiger partial charge in [0.15, 0.2) is 17.5 Å². The van der Waals surface area contributed by atoms with Crippen molar-refractivity contribution in [3.63, 3.8) is 0 Å². The number of hydrogen-bond acceptors (Lipinski definition) is 5. The number of benzene rings is 8. The van der Waals surface area contributed by atoms with E-state index in [1.165, 1.54) is 41.7 Å². The molecule has 5 nitrogen and oxygen atoms in total. The van der Waals surface area contributed by atoms with Crippen LogP contribution >= 0.6 is 11.3 Å². The predicted molar refractivity (Wildman–Crippen MR) is 228 cm³/mol. The van der Waals surface area contributed by atoms with Crippen LogP contribution < -0.4 is 0 Å². The zero-order valence-corrected chi connectivity index (χ0v) is 30.1. The number of nitrogens with zero attached hydrogens (tertiary/aromatic N) is 4. The van der Waals surface area contributed by atoms with Gasteiger partial charge >= 0.3 is 0 Å². The molecule has 0 radical (unpaired) electrons. The van der Waals surface area contributed by atoms with Gasteiger partial charge in [0.05, 0.1) is 27.7 Å². The molecule has 0 aliphatic carbocycles. The van der Waals surface area contributed by atoms with Crippen molar-refractivity contribution in [2.24, 2.45) is 0 Å². The summed E-state index contributed by atoms with van der Waals surface area (Å²) in [6, 6.07) is 59.7. The van der Waals surface area contributed by atoms with Gasteiger partial charge < -0.3 is 8.98 Å². The molecule has 0 N–H and O–H groups in total. The van der Waals surface area contributed by atoms with Crippen LogP contribution in [0.2, 0.25) is 0 Å². The van der Waals surface area contributed by atoms with Crippen molar-refractivity contribution in [2.45, 2.75) is 0 Å². The molecule has 0 fully saturated rings. The van der Waals surface area contributed by atoms with Crippen molar-refractivity contribution < 1.29 is 4.42 Å². The summed E-state index contributed by atoms with van der Waals surface area (Å²) in [5.74, 6) is 1.78. The van der Waals surface area contributed by atoms with Crippen molar-refractivity contribution in [3.8, 4) is 39.9 Å². The molecule has 0 saturated heterocycles. The van der Waals surface area contributed by atoms with Crippen LogP contribution in [0.5, 0.6) is 0 Å². The Morgan fingerprint density at radius 2 is 1.11 bits per heavy atom. The van der Waals surface area contributed by atoms with Gasteiger partial charge in [0.1, 0.15) is 11.2 Å². The number of thiophene rings is 1. The lowest BCUT2D eigenvalue weighted by molar-refractivity contribution is 0.669. The van der Waals surface area contributed by atoms with E-state index < -0.39 is 0 Å². The van der Waals surface area contributed by atoms with E-state index in [4.69, 9.17) is 19.4 Å². The fraction of sp³-hybridized carbons (Fsp3) is 0. The van der Waals surface area contributed by atoms with Crippen molar-refractivity contribution in [1.29, 1.82) is 0 Å². The molecule has 0 aliphatic rings. The van der Waals surface area contributed by atoms with Gasteiger partial charge in [0.25, 0.3) is 0 Å². The highest BCUT2D eigenvalue weighted by atomic mass is 32.1. The van der Waals surface area contributed by atoms with Gasteiger partial charge in [-0.3, -0.25) is 0 Å². The highest BCUT2D eigenvalue weighted by Gasteiger charge is 2.23. The normalized spacial score (nSPS) is 12.0. The molecule has 0 spiro atoms. The molecular weight excluding hydrogens is 693 g/mol. The second kappa shape index (κ2) is 11.7. The Balaban J connectivity index is 1.14. The number of rotatable bonds is 4. The van der Waals surface area contributed by atoms with E-state index in [0.29, 0.717) is 17.5 Å². The minimum absolute atomic E-state index is 0.558. The Morgan fingerprint density at radius 1 is 0.436 bits per heavy atom. The average Bonchev–Trinajstić information content (AvgIpc) is 3.92. The monoisotopic (exact) mass is 720 g/mol. The van der Waals surface area contributed by atoms with E-state index in [1.54, 1.807) is 11.3 Å². The minimum Gasteiger partial charge on any atom is -0.455 e. The summed E-state index contributed by atoms with van der Waals surface area (Å²) in [6.07, 6.45) is 0. The lowest BCUT2D eigenvalue weighted by Gasteiger charge is -2.13. The molecule has 0 atom stereocenters. The first-order valence-corrected chi connectivity index (χ1v) is 19.2. The smallest absolute Gasteiger partial charge is 0.167 e. The highest BCUT2D eigenvalue weighted by Crippen LogP contribution is 2.43. The Bertz CT molecular complexity index is 3500. The van der Waals surface area contributed by atoms with Crippen LogP contribution in [-0.4, -0.2) is 19.5 Å². The van der Waals surface area contributed by atoms with Gasteiger partial charge in [-0.15, -0.1) is 11.3 Å². The second-order valence-corrected chi connectivity index (χ2v) is 15.1. The Hall–Kier alpha value is -7.15. The SMILES string of the molecule is c1ccc(-c2nc(-c3ccc4sc5ccccc5c4c3)nc(-c3ccc(-n4c5ccccc5c5cc6ccccc6cc54)c4c3oc3ccccc34)n2)cc1. The molecule has 0 aliphatic heterocycles. The van der Waals surface area contributed by atoms with E-state index in [-0.39, 0.29) is 0 Å². The molecule has 4 heterocycles. The Kier molecular flexibility index (Phi) is 6.44. The van der Waals surface area contributed by atoms with Gasteiger partial charge in [0.2, 0.25) is 0 Å². The summed E-state index contributed by atoms with van der Waals surface area (Å²) >= 11 is 1.80. The number of furan rings is 1. The second-order valence-electron chi connectivity index (χ2n) is 14.0. The number of fused-ring (bicyclic) bond motifs is 10. The lowest BCUT2D eigenvalue weighted by Crippen LogP contribution is -2.01.